The third-order valence-corrected chi connectivity index (χ3v) is 1.66. The number of hydrogen-bond donors (Lipinski definition) is 2. The molecule has 0 fully saturated rings. The Balaban J connectivity index is 0.00000121. The molecule has 0 spiro atoms. The minimum atomic E-state index is -0.911. The molecule has 0 aliphatic heterocycles. The molecule has 0 bridgehead atoms. The lowest BCUT2D eigenvalue weighted by atomic mass is 10.1. The summed E-state index contributed by atoms with van der Waals surface area (Å²) in [6, 6.07) is 6.49. The summed E-state index contributed by atoms with van der Waals surface area (Å²) >= 11 is 5.51. The van der Waals surface area contributed by atoms with Gasteiger partial charge in [0.2, 0.25) is 0 Å². The molecule has 0 aromatic heterocycles. The van der Waals surface area contributed by atoms with Crippen LogP contribution in [0, 0.1) is 0 Å². The van der Waals surface area contributed by atoms with Crippen molar-refractivity contribution in [1.29, 1.82) is 0 Å². The number of halogens is 1. The van der Waals surface area contributed by atoms with Gasteiger partial charge in [0, 0.05) is 5.88 Å². The summed E-state index contributed by atoms with van der Waals surface area (Å²) in [6.07, 6.45) is 0. The van der Waals surface area contributed by atoms with Crippen LogP contribution in [0.5, 0.6) is 0 Å². The Morgan fingerprint density at radius 1 is 1.33 bits per heavy atom. The standard InChI is InChI=1S/C8H7ClO2.H3N/c9-5-6-1-3-7(4-2-6)8(10)11;/h1-4H,5H2,(H,10,11);1H3. The van der Waals surface area contributed by atoms with Crippen LogP contribution in [0.2, 0.25) is 0 Å². The summed E-state index contributed by atoms with van der Waals surface area (Å²) in [5.41, 5.74) is 1.22. The average molecular weight is 188 g/mol. The molecular weight excluding hydrogens is 178 g/mol. The lowest BCUT2D eigenvalue weighted by molar-refractivity contribution is 0.0697. The summed E-state index contributed by atoms with van der Waals surface area (Å²) in [6.45, 7) is 0. The number of aromatic carboxylic acids is 1. The van der Waals surface area contributed by atoms with E-state index in [0.29, 0.717) is 11.4 Å². The average Bonchev–Trinajstić information content (AvgIpc) is 2.05. The summed E-state index contributed by atoms with van der Waals surface area (Å²) in [7, 11) is 0. The summed E-state index contributed by atoms with van der Waals surface area (Å²) < 4.78 is 0. The Labute approximate surface area is 75.6 Å². The maximum atomic E-state index is 10.4. The number of hydrogen-bond acceptors (Lipinski definition) is 2. The van der Waals surface area contributed by atoms with Gasteiger partial charge in [-0.1, -0.05) is 12.1 Å². The van der Waals surface area contributed by atoms with Crippen molar-refractivity contribution in [2.45, 2.75) is 5.88 Å². The highest BCUT2D eigenvalue weighted by atomic mass is 35.5. The van der Waals surface area contributed by atoms with Gasteiger partial charge in [0.05, 0.1) is 5.56 Å². The molecule has 4 heteroatoms. The summed E-state index contributed by atoms with van der Waals surface area (Å²) in [5.74, 6) is -0.494. The van der Waals surface area contributed by atoms with E-state index >= 15 is 0 Å². The monoisotopic (exact) mass is 187 g/mol. The number of carboxylic acid groups (broad SMARTS) is 1. The second kappa shape index (κ2) is 4.74. The predicted octanol–water partition coefficient (Wildman–Crippen LogP) is 2.29. The minimum absolute atomic E-state index is 0. The Bertz CT molecular complexity index is 258. The van der Waals surface area contributed by atoms with Crippen LogP contribution in [0.4, 0.5) is 0 Å². The van der Waals surface area contributed by atoms with Gasteiger partial charge in [-0.15, -0.1) is 11.6 Å². The SMILES string of the molecule is N.O=C(O)c1ccc(CCl)cc1. The molecule has 0 unspecified atom stereocenters. The minimum Gasteiger partial charge on any atom is -0.478 e. The first-order chi connectivity index (χ1) is 5.24. The van der Waals surface area contributed by atoms with Crippen LogP contribution in [0.1, 0.15) is 15.9 Å². The van der Waals surface area contributed by atoms with E-state index in [0.717, 1.165) is 5.56 Å². The van der Waals surface area contributed by atoms with Crippen molar-refractivity contribution < 1.29 is 9.90 Å². The molecule has 0 radical (unpaired) electrons. The molecule has 0 saturated carbocycles. The normalized spacial score (nSPS) is 8.75. The quantitative estimate of drug-likeness (QED) is 0.698. The van der Waals surface area contributed by atoms with Crippen molar-refractivity contribution >= 4 is 17.6 Å². The zero-order chi connectivity index (χ0) is 8.27. The molecule has 1 aromatic carbocycles. The van der Waals surface area contributed by atoms with Crippen LogP contribution in [0.15, 0.2) is 24.3 Å². The van der Waals surface area contributed by atoms with Gasteiger partial charge in [0.15, 0.2) is 0 Å². The molecule has 0 atom stereocenters. The molecule has 1 aromatic rings. The van der Waals surface area contributed by atoms with Gasteiger partial charge in [0.25, 0.3) is 0 Å². The maximum absolute atomic E-state index is 10.4. The van der Waals surface area contributed by atoms with E-state index in [1.54, 1.807) is 24.3 Å². The van der Waals surface area contributed by atoms with E-state index in [1.807, 2.05) is 0 Å². The van der Waals surface area contributed by atoms with Crippen LogP contribution in [-0.4, -0.2) is 11.1 Å². The van der Waals surface area contributed by atoms with Crippen LogP contribution in [-0.2, 0) is 5.88 Å². The number of benzene rings is 1. The zero-order valence-electron chi connectivity index (χ0n) is 6.46. The van der Waals surface area contributed by atoms with Crippen molar-refractivity contribution in [2.24, 2.45) is 0 Å². The van der Waals surface area contributed by atoms with Crippen LogP contribution in [0.25, 0.3) is 0 Å². The number of carboxylic acids is 1. The predicted molar refractivity (Wildman–Crippen MR) is 48.0 cm³/mol. The fourth-order valence-electron chi connectivity index (χ4n) is 0.736. The molecule has 0 aliphatic rings. The molecule has 3 nitrogen and oxygen atoms in total. The number of rotatable bonds is 2. The lowest BCUT2D eigenvalue weighted by Crippen LogP contribution is -1.95. The fourth-order valence-corrected chi connectivity index (χ4v) is 0.915. The van der Waals surface area contributed by atoms with Crippen LogP contribution < -0.4 is 6.15 Å². The van der Waals surface area contributed by atoms with Gasteiger partial charge in [-0.2, -0.15) is 0 Å². The molecule has 66 valence electrons. The lowest BCUT2D eigenvalue weighted by Gasteiger charge is -1.95. The third-order valence-electron chi connectivity index (χ3n) is 1.36. The number of carbonyl (C=O) groups is 1. The van der Waals surface area contributed by atoms with Crippen molar-refractivity contribution in [3.05, 3.63) is 35.4 Å². The highest BCUT2D eigenvalue weighted by Gasteiger charge is 1.99. The van der Waals surface area contributed by atoms with Gasteiger partial charge in [-0.25, -0.2) is 4.79 Å². The second-order valence-electron chi connectivity index (χ2n) is 2.14. The molecule has 4 N–H and O–H groups in total. The molecule has 0 saturated heterocycles. The van der Waals surface area contributed by atoms with Gasteiger partial charge < -0.3 is 11.3 Å². The first-order valence-corrected chi connectivity index (χ1v) is 3.65. The molecule has 0 aliphatic carbocycles. The van der Waals surface area contributed by atoms with Gasteiger partial charge in [-0.05, 0) is 17.7 Å². The van der Waals surface area contributed by atoms with E-state index in [9.17, 15) is 4.79 Å². The summed E-state index contributed by atoms with van der Waals surface area (Å²) in [4.78, 5) is 10.4. The smallest absolute Gasteiger partial charge is 0.335 e. The third kappa shape index (κ3) is 2.53. The molecule has 12 heavy (non-hydrogen) atoms. The van der Waals surface area contributed by atoms with Crippen molar-refractivity contribution in [2.75, 3.05) is 0 Å². The Morgan fingerprint density at radius 2 is 1.83 bits per heavy atom. The first kappa shape index (κ1) is 10.9. The topological polar surface area (TPSA) is 72.3 Å². The Morgan fingerprint density at radius 3 is 2.17 bits per heavy atom. The van der Waals surface area contributed by atoms with Gasteiger partial charge in [-0.3, -0.25) is 0 Å². The maximum Gasteiger partial charge on any atom is 0.335 e. The van der Waals surface area contributed by atoms with E-state index < -0.39 is 5.97 Å². The molecule has 0 heterocycles. The Hall–Kier alpha value is -1.06. The van der Waals surface area contributed by atoms with Crippen molar-refractivity contribution in [1.82, 2.24) is 6.15 Å². The van der Waals surface area contributed by atoms with E-state index in [2.05, 4.69) is 0 Å². The molecule has 1 rings (SSSR count). The second-order valence-corrected chi connectivity index (χ2v) is 2.40. The van der Waals surface area contributed by atoms with Crippen LogP contribution >= 0.6 is 11.6 Å². The fraction of sp³-hybridized carbons (Fsp3) is 0.125. The largest absolute Gasteiger partial charge is 0.478 e. The zero-order valence-corrected chi connectivity index (χ0v) is 7.21. The number of alkyl halides is 1. The highest BCUT2D eigenvalue weighted by molar-refractivity contribution is 6.17. The van der Waals surface area contributed by atoms with Gasteiger partial charge >= 0.3 is 5.97 Å². The molecule has 0 amide bonds. The molecular formula is C8H10ClNO2. The van der Waals surface area contributed by atoms with Gasteiger partial charge in [0.1, 0.15) is 0 Å². The highest BCUT2D eigenvalue weighted by Crippen LogP contribution is 2.06. The Kier molecular flexibility index (Phi) is 4.33. The van der Waals surface area contributed by atoms with Crippen molar-refractivity contribution in [3.8, 4) is 0 Å². The summed E-state index contributed by atoms with van der Waals surface area (Å²) in [5, 5.41) is 8.52. The van der Waals surface area contributed by atoms with E-state index in [1.165, 1.54) is 0 Å². The van der Waals surface area contributed by atoms with E-state index in [4.69, 9.17) is 16.7 Å². The van der Waals surface area contributed by atoms with Crippen LogP contribution in [0.3, 0.4) is 0 Å². The van der Waals surface area contributed by atoms with Crippen molar-refractivity contribution in [3.63, 3.8) is 0 Å². The first-order valence-electron chi connectivity index (χ1n) is 3.12. The van der Waals surface area contributed by atoms with E-state index in [-0.39, 0.29) is 6.15 Å².